The van der Waals surface area contributed by atoms with Crippen molar-refractivity contribution in [3.8, 4) is 5.88 Å². The minimum absolute atomic E-state index is 0.585. The lowest BCUT2D eigenvalue weighted by molar-refractivity contribution is 0.187. The summed E-state index contributed by atoms with van der Waals surface area (Å²) in [5, 5.41) is 3.29. The fraction of sp³-hybridized carbons (Fsp3) is 0.636. The van der Waals surface area contributed by atoms with Gasteiger partial charge in [0.15, 0.2) is 0 Å². The van der Waals surface area contributed by atoms with Gasteiger partial charge in [-0.2, -0.15) is 4.98 Å². The van der Waals surface area contributed by atoms with E-state index in [-0.39, 0.29) is 0 Å². The Morgan fingerprint density at radius 3 is 3.12 bits per heavy atom. The number of nitrogens with zero attached hydrogens (tertiary/aromatic N) is 2. The van der Waals surface area contributed by atoms with Crippen molar-refractivity contribution in [2.24, 2.45) is 5.92 Å². The molecule has 0 spiro atoms. The van der Waals surface area contributed by atoms with E-state index in [1.807, 2.05) is 13.0 Å². The molecule has 1 saturated heterocycles. The molecular weight excluding hydrogens is 206 g/mol. The molecule has 16 heavy (non-hydrogen) atoms. The molecule has 0 aromatic carbocycles. The second-order valence-electron chi connectivity index (χ2n) is 3.95. The molecule has 0 radical (unpaired) electrons. The Morgan fingerprint density at radius 1 is 1.56 bits per heavy atom. The summed E-state index contributed by atoms with van der Waals surface area (Å²) in [6.45, 7) is 4.46. The van der Waals surface area contributed by atoms with Gasteiger partial charge in [0.05, 0.1) is 13.7 Å². The molecule has 1 aromatic heterocycles. The summed E-state index contributed by atoms with van der Waals surface area (Å²) in [5.41, 5.74) is 0. The number of hydrogen-bond donors (Lipinski definition) is 1. The lowest BCUT2D eigenvalue weighted by atomic mass is 10.1. The van der Waals surface area contributed by atoms with E-state index in [0.29, 0.717) is 17.6 Å². The van der Waals surface area contributed by atoms with Crippen LogP contribution in [0, 0.1) is 12.8 Å². The zero-order valence-electron chi connectivity index (χ0n) is 9.69. The summed E-state index contributed by atoms with van der Waals surface area (Å²) in [6, 6.07) is 1.81. The topological polar surface area (TPSA) is 56.3 Å². The highest BCUT2D eigenvalue weighted by Crippen LogP contribution is 2.16. The van der Waals surface area contributed by atoms with Crippen LogP contribution < -0.4 is 10.1 Å². The van der Waals surface area contributed by atoms with Gasteiger partial charge in [0.1, 0.15) is 11.6 Å². The standard InChI is InChI=1S/C11H17N3O2/c1-8-13-10(5-11(14-8)15-2)12-6-9-3-4-16-7-9/h5,9H,3-4,6-7H2,1-2H3,(H,12,13,14). The quantitative estimate of drug-likeness (QED) is 0.832. The molecule has 2 rings (SSSR count). The minimum atomic E-state index is 0.585. The van der Waals surface area contributed by atoms with Crippen molar-refractivity contribution in [2.45, 2.75) is 13.3 Å². The first-order valence-corrected chi connectivity index (χ1v) is 5.49. The maximum atomic E-state index is 5.32. The second kappa shape index (κ2) is 5.12. The molecule has 88 valence electrons. The number of ether oxygens (including phenoxy) is 2. The highest BCUT2D eigenvalue weighted by atomic mass is 16.5. The molecule has 0 amide bonds. The van der Waals surface area contributed by atoms with Crippen molar-refractivity contribution in [3.63, 3.8) is 0 Å². The molecule has 1 fully saturated rings. The first-order chi connectivity index (χ1) is 7.78. The van der Waals surface area contributed by atoms with Crippen LogP contribution in [0.25, 0.3) is 0 Å². The van der Waals surface area contributed by atoms with E-state index in [1.54, 1.807) is 7.11 Å². The Balaban J connectivity index is 1.94. The van der Waals surface area contributed by atoms with Crippen molar-refractivity contribution in [3.05, 3.63) is 11.9 Å². The molecule has 2 heterocycles. The molecule has 1 aromatic rings. The molecule has 1 aliphatic rings. The number of aryl methyl sites for hydroxylation is 1. The van der Waals surface area contributed by atoms with Crippen LogP contribution in [0.5, 0.6) is 5.88 Å². The van der Waals surface area contributed by atoms with E-state index in [9.17, 15) is 0 Å². The van der Waals surface area contributed by atoms with Gasteiger partial charge in [-0.25, -0.2) is 4.98 Å². The minimum Gasteiger partial charge on any atom is -0.481 e. The van der Waals surface area contributed by atoms with Gasteiger partial charge in [0, 0.05) is 25.1 Å². The van der Waals surface area contributed by atoms with Gasteiger partial charge < -0.3 is 14.8 Å². The van der Waals surface area contributed by atoms with Crippen LogP contribution in [0.3, 0.4) is 0 Å². The van der Waals surface area contributed by atoms with Gasteiger partial charge in [-0.05, 0) is 13.3 Å². The number of anilines is 1. The van der Waals surface area contributed by atoms with Gasteiger partial charge in [0.25, 0.3) is 0 Å². The molecule has 1 atom stereocenters. The summed E-state index contributed by atoms with van der Waals surface area (Å²) in [5.74, 6) is 2.71. The van der Waals surface area contributed by atoms with Gasteiger partial charge in [0.2, 0.25) is 5.88 Å². The van der Waals surface area contributed by atoms with Gasteiger partial charge in [-0.15, -0.1) is 0 Å². The van der Waals surface area contributed by atoms with E-state index < -0.39 is 0 Å². The third kappa shape index (κ3) is 2.82. The predicted octanol–water partition coefficient (Wildman–Crippen LogP) is 1.24. The number of nitrogens with one attached hydrogen (secondary N) is 1. The van der Waals surface area contributed by atoms with E-state index in [2.05, 4.69) is 15.3 Å². The smallest absolute Gasteiger partial charge is 0.218 e. The van der Waals surface area contributed by atoms with E-state index >= 15 is 0 Å². The summed E-state index contributed by atoms with van der Waals surface area (Å²) < 4.78 is 10.4. The largest absolute Gasteiger partial charge is 0.481 e. The van der Waals surface area contributed by atoms with Crippen LogP contribution in [-0.4, -0.2) is 36.8 Å². The van der Waals surface area contributed by atoms with Crippen molar-refractivity contribution >= 4 is 5.82 Å². The lowest BCUT2D eigenvalue weighted by Gasteiger charge is -2.11. The van der Waals surface area contributed by atoms with E-state index in [1.165, 1.54) is 0 Å². The lowest BCUT2D eigenvalue weighted by Crippen LogP contribution is -2.15. The fourth-order valence-electron chi connectivity index (χ4n) is 1.73. The third-order valence-corrected chi connectivity index (χ3v) is 2.62. The SMILES string of the molecule is COc1cc(NCC2CCOC2)nc(C)n1. The van der Waals surface area contributed by atoms with Gasteiger partial charge in [-0.3, -0.25) is 0 Å². The van der Waals surface area contributed by atoms with Crippen LogP contribution in [0.15, 0.2) is 6.07 Å². The fourth-order valence-corrected chi connectivity index (χ4v) is 1.73. The normalized spacial score (nSPS) is 19.8. The maximum absolute atomic E-state index is 5.32. The van der Waals surface area contributed by atoms with E-state index in [4.69, 9.17) is 9.47 Å². The zero-order valence-corrected chi connectivity index (χ0v) is 9.69. The molecule has 1 N–H and O–H groups in total. The van der Waals surface area contributed by atoms with Gasteiger partial charge >= 0.3 is 0 Å². The van der Waals surface area contributed by atoms with Crippen molar-refractivity contribution in [1.29, 1.82) is 0 Å². The van der Waals surface area contributed by atoms with Crippen LogP contribution in [0.1, 0.15) is 12.2 Å². The molecule has 0 saturated carbocycles. The highest BCUT2D eigenvalue weighted by Gasteiger charge is 2.15. The highest BCUT2D eigenvalue weighted by molar-refractivity contribution is 5.38. The molecule has 0 aliphatic carbocycles. The Kier molecular flexibility index (Phi) is 3.56. The summed E-state index contributed by atoms with van der Waals surface area (Å²) in [7, 11) is 1.61. The van der Waals surface area contributed by atoms with Gasteiger partial charge in [-0.1, -0.05) is 0 Å². The van der Waals surface area contributed by atoms with Crippen LogP contribution in [0.2, 0.25) is 0 Å². The molecule has 0 bridgehead atoms. The summed E-state index contributed by atoms with van der Waals surface area (Å²) in [6.07, 6.45) is 1.12. The zero-order chi connectivity index (χ0) is 11.4. The Hall–Kier alpha value is -1.36. The Bertz CT molecular complexity index is 351. The van der Waals surface area contributed by atoms with Crippen molar-refractivity contribution < 1.29 is 9.47 Å². The number of rotatable bonds is 4. The number of methoxy groups -OCH3 is 1. The summed E-state index contributed by atoms with van der Waals surface area (Å²) in [4.78, 5) is 8.43. The molecule has 1 unspecified atom stereocenters. The van der Waals surface area contributed by atoms with Crippen molar-refractivity contribution in [2.75, 3.05) is 32.2 Å². The Morgan fingerprint density at radius 2 is 2.44 bits per heavy atom. The third-order valence-electron chi connectivity index (χ3n) is 2.62. The molecule has 5 heteroatoms. The average molecular weight is 223 g/mol. The summed E-state index contributed by atoms with van der Waals surface area (Å²) >= 11 is 0. The maximum Gasteiger partial charge on any atom is 0.218 e. The van der Waals surface area contributed by atoms with Crippen LogP contribution in [0.4, 0.5) is 5.82 Å². The van der Waals surface area contributed by atoms with Crippen LogP contribution in [-0.2, 0) is 4.74 Å². The van der Waals surface area contributed by atoms with E-state index in [0.717, 1.165) is 32.0 Å². The van der Waals surface area contributed by atoms with Crippen LogP contribution >= 0.6 is 0 Å². The monoisotopic (exact) mass is 223 g/mol. The molecule has 1 aliphatic heterocycles. The first-order valence-electron chi connectivity index (χ1n) is 5.49. The molecule has 5 nitrogen and oxygen atoms in total. The average Bonchev–Trinajstić information content (AvgIpc) is 2.78. The Labute approximate surface area is 95.2 Å². The first kappa shape index (κ1) is 11.1. The van der Waals surface area contributed by atoms with Crippen molar-refractivity contribution in [1.82, 2.24) is 9.97 Å². The predicted molar refractivity (Wildman–Crippen MR) is 60.7 cm³/mol. The number of aromatic nitrogens is 2. The molecular formula is C11H17N3O2. The number of hydrogen-bond acceptors (Lipinski definition) is 5. The second-order valence-corrected chi connectivity index (χ2v) is 3.95.